The van der Waals surface area contributed by atoms with E-state index in [-0.39, 0.29) is 0 Å². The van der Waals surface area contributed by atoms with Crippen molar-refractivity contribution in [3.8, 4) is 11.6 Å². The summed E-state index contributed by atoms with van der Waals surface area (Å²) in [5.74, 6) is 0.464. The minimum atomic E-state index is 0.460. The highest BCUT2D eigenvalue weighted by Gasteiger charge is 2.13. The van der Waals surface area contributed by atoms with Gasteiger partial charge >= 0.3 is 0 Å². The van der Waals surface area contributed by atoms with Gasteiger partial charge in [0.1, 0.15) is 5.69 Å². The first-order valence-corrected chi connectivity index (χ1v) is 7.83. The molecule has 4 rings (SSSR count). The molecule has 6 heteroatoms. The Labute approximate surface area is 135 Å². The van der Waals surface area contributed by atoms with E-state index in [0.717, 1.165) is 21.5 Å². The molecule has 0 fully saturated rings. The summed E-state index contributed by atoms with van der Waals surface area (Å²) in [6.07, 6.45) is 0. The minimum Gasteiger partial charge on any atom is -0.409 e. The van der Waals surface area contributed by atoms with Crippen molar-refractivity contribution >= 4 is 34.3 Å². The first-order chi connectivity index (χ1) is 10.8. The molecule has 0 spiro atoms. The van der Waals surface area contributed by atoms with Crippen LogP contribution in [0.4, 0.5) is 0 Å². The monoisotopic (exact) mass is 327 g/mol. The van der Waals surface area contributed by atoms with Gasteiger partial charge in [-0.2, -0.15) is 0 Å². The van der Waals surface area contributed by atoms with Crippen LogP contribution in [-0.2, 0) is 0 Å². The zero-order valence-electron chi connectivity index (χ0n) is 11.3. The van der Waals surface area contributed by atoms with Gasteiger partial charge in [0.2, 0.25) is 0 Å². The number of aromatic nitrogens is 3. The molecule has 22 heavy (non-hydrogen) atoms. The van der Waals surface area contributed by atoms with E-state index in [1.807, 2.05) is 54.6 Å². The lowest BCUT2D eigenvalue weighted by atomic mass is 10.2. The first kappa shape index (κ1) is 13.4. The van der Waals surface area contributed by atoms with Gasteiger partial charge in [-0.25, -0.2) is 0 Å². The maximum atomic E-state index is 6.13. The van der Waals surface area contributed by atoms with Crippen molar-refractivity contribution in [3.05, 3.63) is 59.6 Å². The molecule has 0 aliphatic heterocycles. The number of H-pyrrole nitrogens is 1. The summed E-state index contributed by atoms with van der Waals surface area (Å²) >= 11 is 7.49. The molecule has 0 unspecified atom stereocenters. The van der Waals surface area contributed by atoms with Crippen molar-refractivity contribution in [2.45, 2.75) is 10.1 Å². The van der Waals surface area contributed by atoms with E-state index >= 15 is 0 Å². The molecule has 2 heterocycles. The third kappa shape index (κ3) is 2.49. The Balaban J connectivity index is 1.65. The van der Waals surface area contributed by atoms with Crippen molar-refractivity contribution in [2.24, 2.45) is 0 Å². The van der Waals surface area contributed by atoms with Crippen molar-refractivity contribution in [1.82, 2.24) is 15.2 Å². The highest BCUT2D eigenvalue weighted by Crippen LogP contribution is 2.33. The van der Waals surface area contributed by atoms with Crippen LogP contribution in [0.15, 0.2) is 69.1 Å². The summed E-state index contributed by atoms with van der Waals surface area (Å²) in [6.45, 7) is 0. The molecule has 0 radical (unpaired) electrons. The van der Waals surface area contributed by atoms with Gasteiger partial charge in [-0.15, -0.1) is 10.2 Å². The highest BCUT2D eigenvalue weighted by molar-refractivity contribution is 7.99. The number of fused-ring (bicyclic) bond motifs is 1. The van der Waals surface area contributed by atoms with Crippen LogP contribution in [0, 0.1) is 0 Å². The normalized spacial score (nSPS) is 11.1. The molecule has 0 amide bonds. The molecule has 0 bridgehead atoms. The molecular formula is C16H10ClN3OS. The fourth-order valence-electron chi connectivity index (χ4n) is 2.17. The van der Waals surface area contributed by atoms with E-state index in [1.54, 1.807) is 0 Å². The molecule has 0 atom stereocenters. The van der Waals surface area contributed by atoms with E-state index in [4.69, 9.17) is 16.0 Å². The second-order valence-corrected chi connectivity index (χ2v) is 6.08. The van der Waals surface area contributed by atoms with Crippen molar-refractivity contribution in [1.29, 1.82) is 0 Å². The van der Waals surface area contributed by atoms with Crippen molar-refractivity contribution < 1.29 is 4.42 Å². The lowest BCUT2D eigenvalue weighted by Crippen LogP contribution is -1.76. The predicted molar refractivity (Wildman–Crippen MR) is 87.2 cm³/mol. The van der Waals surface area contributed by atoms with Gasteiger partial charge in [0.15, 0.2) is 0 Å². The first-order valence-electron chi connectivity index (χ1n) is 6.63. The molecule has 108 valence electrons. The van der Waals surface area contributed by atoms with Crippen LogP contribution < -0.4 is 0 Å². The van der Waals surface area contributed by atoms with Crippen molar-refractivity contribution in [3.63, 3.8) is 0 Å². The Morgan fingerprint density at radius 2 is 1.82 bits per heavy atom. The minimum absolute atomic E-state index is 0.460. The van der Waals surface area contributed by atoms with E-state index < -0.39 is 0 Å². The smallest absolute Gasteiger partial charge is 0.281 e. The topological polar surface area (TPSA) is 54.7 Å². The van der Waals surface area contributed by atoms with Crippen LogP contribution in [0.2, 0.25) is 5.02 Å². The van der Waals surface area contributed by atoms with Crippen LogP contribution in [0.3, 0.4) is 0 Å². The standard InChI is InChI=1S/C16H10ClN3OS/c17-11-6-2-4-8-14(11)22-16-20-19-15(21-16)13-9-10-5-1-3-7-12(10)18-13/h1-9,18H. The molecule has 0 aliphatic carbocycles. The number of hydrogen-bond donors (Lipinski definition) is 1. The summed E-state index contributed by atoms with van der Waals surface area (Å²) in [5.41, 5.74) is 1.84. The van der Waals surface area contributed by atoms with Crippen LogP contribution in [0.5, 0.6) is 0 Å². The largest absolute Gasteiger partial charge is 0.409 e. The molecular weight excluding hydrogens is 318 g/mol. The highest BCUT2D eigenvalue weighted by atomic mass is 35.5. The number of benzene rings is 2. The number of rotatable bonds is 3. The fourth-order valence-corrected chi connectivity index (χ4v) is 3.12. The number of halogens is 1. The lowest BCUT2D eigenvalue weighted by molar-refractivity contribution is 0.465. The molecule has 0 aliphatic rings. The molecule has 2 aromatic heterocycles. The van der Waals surface area contributed by atoms with Crippen LogP contribution >= 0.6 is 23.4 Å². The van der Waals surface area contributed by atoms with Gasteiger partial charge in [0.05, 0.1) is 5.02 Å². The average Bonchev–Trinajstić information content (AvgIpc) is 3.15. The van der Waals surface area contributed by atoms with Gasteiger partial charge in [0.25, 0.3) is 11.1 Å². The Bertz CT molecular complexity index is 914. The lowest BCUT2D eigenvalue weighted by Gasteiger charge is -1.98. The van der Waals surface area contributed by atoms with Gasteiger partial charge in [-0.05, 0) is 36.0 Å². The second-order valence-electron chi connectivity index (χ2n) is 4.68. The Morgan fingerprint density at radius 3 is 2.68 bits per heavy atom. The second kappa shape index (κ2) is 5.51. The zero-order valence-corrected chi connectivity index (χ0v) is 12.9. The van der Waals surface area contributed by atoms with Crippen LogP contribution in [-0.4, -0.2) is 15.2 Å². The maximum Gasteiger partial charge on any atom is 0.281 e. The number of aromatic amines is 1. The van der Waals surface area contributed by atoms with Crippen LogP contribution in [0.1, 0.15) is 0 Å². The van der Waals surface area contributed by atoms with E-state index in [0.29, 0.717) is 16.1 Å². The number of nitrogens with one attached hydrogen (secondary N) is 1. The number of hydrogen-bond acceptors (Lipinski definition) is 4. The van der Waals surface area contributed by atoms with Crippen molar-refractivity contribution in [2.75, 3.05) is 0 Å². The fraction of sp³-hybridized carbons (Fsp3) is 0. The quantitative estimate of drug-likeness (QED) is 0.574. The van der Waals surface area contributed by atoms with Gasteiger partial charge in [-0.1, -0.05) is 41.9 Å². The van der Waals surface area contributed by atoms with Gasteiger partial charge in [-0.3, -0.25) is 0 Å². The summed E-state index contributed by atoms with van der Waals surface area (Å²) < 4.78 is 5.71. The SMILES string of the molecule is Clc1ccccc1Sc1nnc(-c2cc3ccccc3[nH]2)o1. The Morgan fingerprint density at radius 1 is 1.00 bits per heavy atom. The predicted octanol–water partition coefficient (Wildman–Crippen LogP) is 5.02. The molecule has 4 aromatic rings. The van der Waals surface area contributed by atoms with Crippen LogP contribution in [0.25, 0.3) is 22.5 Å². The van der Waals surface area contributed by atoms with E-state index in [9.17, 15) is 0 Å². The number of nitrogens with zero attached hydrogens (tertiary/aromatic N) is 2. The summed E-state index contributed by atoms with van der Waals surface area (Å²) in [5, 5.41) is 10.4. The molecule has 2 aromatic carbocycles. The van der Waals surface area contributed by atoms with E-state index in [1.165, 1.54) is 11.8 Å². The third-order valence-corrected chi connectivity index (χ3v) is 4.56. The van der Waals surface area contributed by atoms with Gasteiger partial charge < -0.3 is 9.40 Å². The van der Waals surface area contributed by atoms with E-state index in [2.05, 4.69) is 15.2 Å². The Kier molecular flexibility index (Phi) is 3.36. The summed E-state index contributed by atoms with van der Waals surface area (Å²) in [4.78, 5) is 4.15. The number of para-hydroxylation sites is 1. The molecule has 0 saturated carbocycles. The maximum absolute atomic E-state index is 6.13. The summed E-state index contributed by atoms with van der Waals surface area (Å²) in [7, 11) is 0. The molecule has 4 nitrogen and oxygen atoms in total. The average molecular weight is 328 g/mol. The van der Waals surface area contributed by atoms with Gasteiger partial charge in [0, 0.05) is 15.8 Å². The molecule has 1 N–H and O–H groups in total. The Hall–Kier alpha value is -2.24. The third-order valence-electron chi connectivity index (χ3n) is 3.20. The summed E-state index contributed by atoms with van der Waals surface area (Å²) in [6, 6.07) is 17.6. The zero-order chi connectivity index (χ0) is 14.9. The molecule has 0 saturated heterocycles.